The zero-order valence-electron chi connectivity index (χ0n) is 12.8. The van der Waals surface area contributed by atoms with E-state index in [1.165, 1.54) is 7.05 Å². The zero-order valence-corrected chi connectivity index (χ0v) is 12.8. The van der Waals surface area contributed by atoms with Crippen LogP contribution in [0.3, 0.4) is 0 Å². The molecule has 0 aliphatic carbocycles. The fraction of sp³-hybridized carbons (Fsp3) is 0.857. The van der Waals surface area contributed by atoms with E-state index in [0.717, 1.165) is 45.4 Å². The van der Waals surface area contributed by atoms with Gasteiger partial charge < -0.3 is 16.0 Å². The summed E-state index contributed by atoms with van der Waals surface area (Å²) in [6.07, 6.45) is 3.70. The molecule has 2 rings (SSSR count). The smallest absolute Gasteiger partial charge is 0.321 e. The number of imide groups is 1. The summed E-state index contributed by atoms with van der Waals surface area (Å²) in [6.45, 7) is 4.95. The Kier molecular flexibility index (Phi) is 5.96. The number of hydrogen-bond donors (Lipinski definition) is 3. The van der Waals surface area contributed by atoms with E-state index in [1.807, 2.05) is 0 Å². The number of urea groups is 1. The van der Waals surface area contributed by atoms with Crippen LogP contribution in [0.5, 0.6) is 0 Å². The Morgan fingerprint density at radius 1 is 1.19 bits per heavy atom. The summed E-state index contributed by atoms with van der Waals surface area (Å²) in [5.74, 6) is -0.221. The van der Waals surface area contributed by atoms with Crippen molar-refractivity contribution in [1.29, 1.82) is 0 Å². The van der Waals surface area contributed by atoms with Crippen LogP contribution in [-0.2, 0) is 4.79 Å². The molecule has 7 nitrogen and oxygen atoms in total. The fourth-order valence-corrected chi connectivity index (χ4v) is 3.11. The second kappa shape index (κ2) is 7.72. The topological polar surface area (TPSA) is 90.7 Å². The first-order valence-corrected chi connectivity index (χ1v) is 7.82. The van der Waals surface area contributed by atoms with Crippen LogP contribution in [0, 0.1) is 0 Å². The van der Waals surface area contributed by atoms with Gasteiger partial charge in [-0.05, 0) is 38.9 Å². The number of piperidine rings is 1. The first-order chi connectivity index (χ1) is 10.1. The molecular weight excluding hydrogens is 270 g/mol. The minimum Gasteiger partial charge on any atom is -0.341 e. The maximum Gasteiger partial charge on any atom is 0.321 e. The molecule has 2 aliphatic heterocycles. The summed E-state index contributed by atoms with van der Waals surface area (Å²) in [4.78, 5) is 27.4. The highest BCUT2D eigenvalue weighted by Crippen LogP contribution is 2.19. The van der Waals surface area contributed by atoms with Gasteiger partial charge in [0.2, 0.25) is 5.91 Å². The summed E-state index contributed by atoms with van der Waals surface area (Å²) in [5, 5.41) is 4.67. The van der Waals surface area contributed by atoms with E-state index in [2.05, 4.69) is 20.4 Å². The maximum absolute atomic E-state index is 11.6. The van der Waals surface area contributed by atoms with Gasteiger partial charge in [-0.3, -0.25) is 15.0 Å². The Balaban J connectivity index is 1.66. The first kappa shape index (κ1) is 16.2. The van der Waals surface area contributed by atoms with E-state index in [9.17, 15) is 9.59 Å². The number of nitrogens with one attached hydrogen (secondary N) is 2. The second-order valence-electron chi connectivity index (χ2n) is 5.99. The lowest BCUT2D eigenvalue weighted by molar-refractivity contribution is -0.120. The van der Waals surface area contributed by atoms with Crippen LogP contribution in [0.2, 0.25) is 0 Å². The maximum atomic E-state index is 11.6. The Bertz CT molecular complexity index is 368. The van der Waals surface area contributed by atoms with Crippen molar-refractivity contribution >= 4 is 11.9 Å². The predicted molar refractivity (Wildman–Crippen MR) is 80.8 cm³/mol. The van der Waals surface area contributed by atoms with Gasteiger partial charge in [-0.15, -0.1) is 0 Å². The van der Waals surface area contributed by atoms with Crippen molar-refractivity contribution < 1.29 is 9.59 Å². The van der Waals surface area contributed by atoms with E-state index >= 15 is 0 Å². The quantitative estimate of drug-likeness (QED) is 0.640. The minimum atomic E-state index is -0.441. The van der Waals surface area contributed by atoms with E-state index in [-0.39, 0.29) is 5.91 Å². The summed E-state index contributed by atoms with van der Waals surface area (Å²) < 4.78 is 0. The molecule has 1 unspecified atom stereocenters. The summed E-state index contributed by atoms with van der Waals surface area (Å²) in [7, 11) is 1.50. The van der Waals surface area contributed by atoms with E-state index in [4.69, 9.17) is 5.73 Å². The number of carbonyl (C=O) groups is 2. The van der Waals surface area contributed by atoms with Crippen LogP contribution in [0.4, 0.5) is 4.79 Å². The van der Waals surface area contributed by atoms with Gasteiger partial charge >= 0.3 is 6.03 Å². The van der Waals surface area contributed by atoms with Gasteiger partial charge in [0, 0.05) is 38.6 Å². The molecule has 1 atom stereocenters. The van der Waals surface area contributed by atoms with Crippen LogP contribution in [0.25, 0.3) is 0 Å². The molecule has 0 radical (unpaired) electrons. The van der Waals surface area contributed by atoms with Crippen LogP contribution in [-0.4, -0.2) is 73.6 Å². The highest BCUT2D eigenvalue weighted by atomic mass is 16.2. The van der Waals surface area contributed by atoms with Crippen molar-refractivity contribution in [1.82, 2.24) is 20.4 Å². The van der Waals surface area contributed by atoms with Crippen molar-refractivity contribution in [3.05, 3.63) is 0 Å². The average molecular weight is 297 g/mol. The lowest BCUT2D eigenvalue weighted by atomic mass is 10.0. The first-order valence-electron chi connectivity index (χ1n) is 7.82. The molecule has 2 heterocycles. The Morgan fingerprint density at radius 2 is 1.90 bits per heavy atom. The van der Waals surface area contributed by atoms with E-state index in [0.29, 0.717) is 25.0 Å². The third kappa shape index (κ3) is 4.94. The molecule has 7 heteroatoms. The molecule has 21 heavy (non-hydrogen) atoms. The number of hydrogen-bond acceptors (Lipinski definition) is 5. The van der Waals surface area contributed by atoms with Crippen molar-refractivity contribution in [2.24, 2.45) is 5.73 Å². The van der Waals surface area contributed by atoms with Crippen molar-refractivity contribution in [2.75, 3.05) is 39.8 Å². The molecule has 2 saturated heterocycles. The summed E-state index contributed by atoms with van der Waals surface area (Å²) in [5.41, 5.74) is 5.94. The molecule has 0 bridgehead atoms. The van der Waals surface area contributed by atoms with Gasteiger partial charge in [0.05, 0.1) is 0 Å². The SMILES string of the molecule is CNC(=O)NC(=O)CCN1CCC(N2CCC(N)CC2)C1. The molecule has 2 aliphatic rings. The van der Waals surface area contributed by atoms with Crippen molar-refractivity contribution in [3.63, 3.8) is 0 Å². The third-order valence-electron chi connectivity index (χ3n) is 4.47. The normalized spacial score (nSPS) is 25.0. The van der Waals surface area contributed by atoms with Crippen LogP contribution in [0.1, 0.15) is 25.7 Å². The number of rotatable bonds is 4. The highest BCUT2D eigenvalue weighted by molar-refractivity contribution is 5.94. The highest BCUT2D eigenvalue weighted by Gasteiger charge is 2.29. The minimum absolute atomic E-state index is 0.221. The molecule has 120 valence electrons. The Hall–Kier alpha value is -1.18. The second-order valence-corrected chi connectivity index (χ2v) is 5.99. The molecule has 4 N–H and O–H groups in total. The van der Waals surface area contributed by atoms with Gasteiger partial charge in [-0.2, -0.15) is 0 Å². The Labute approximate surface area is 126 Å². The Morgan fingerprint density at radius 3 is 2.57 bits per heavy atom. The summed E-state index contributed by atoms with van der Waals surface area (Å²) in [6, 6.07) is 0.524. The molecule has 0 saturated carbocycles. The number of nitrogens with two attached hydrogens (primary N) is 1. The monoisotopic (exact) mass is 297 g/mol. The standard InChI is InChI=1S/C14H27N5O2/c1-16-14(21)17-13(20)5-7-18-6-4-12(10-18)19-8-2-11(15)3-9-19/h11-12H,2-10,15H2,1H3,(H2,16,17,20,21). The largest absolute Gasteiger partial charge is 0.341 e. The zero-order chi connectivity index (χ0) is 15.2. The van der Waals surface area contributed by atoms with Crippen molar-refractivity contribution in [2.45, 2.75) is 37.8 Å². The van der Waals surface area contributed by atoms with Gasteiger partial charge in [-0.1, -0.05) is 0 Å². The molecule has 0 aromatic carbocycles. The summed E-state index contributed by atoms with van der Waals surface area (Å²) >= 11 is 0. The number of likely N-dealkylation sites (tertiary alicyclic amines) is 2. The molecular formula is C14H27N5O2. The molecule has 0 aromatic heterocycles. The van der Waals surface area contributed by atoms with Gasteiger partial charge in [-0.25, -0.2) is 4.79 Å². The van der Waals surface area contributed by atoms with Gasteiger partial charge in [0.15, 0.2) is 0 Å². The van der Waals surface area contributed by atoms with E-state index in [1.54, 1.807) is 0 Å². The van der Waals surface area contributed by atoms with Gasteiger partial charge in [0.1, 0.15) is 0 Å². The number of nitrogens with zero attached hydrogens (tertiary/aromatic N) is 2. The van der Waals surface area contributed by atoms with E-state index < -0.39 is 6.03 Å². The predicted octanol–water partition coefficient (Wildman–Crippen LogP) is -0.670. The molecule has 0 aromatic rings. The van der Waals surface area contributed by atoms with Crippen LogP contribution in [0.15, 0.2) is 0 Å². The number of amides is 3. The van der Waals surface area contributed by atoms with Crippen LogP contribution >= 0.6 is 0 Å². The fourth-order valence-electron chi connectivity index (χ4n) is 3.11. The molecule has 0 spiro atoms. The lowest BCUT2D eigenvalue weighted by Crippen LogP contribution is -2.46. The van der Waals surface area contributed by atoms with Gasteiger partial charge in [0.25, 0.3) is 0 Å². The molecule has 3 amide bonds. The lowest BCUT2D eigenvalue weighted by Gasteiger charge is -2.34. The third-order valence-corrected chi connectivity index (χ3v) is 4.47. The average Bonchev–Trinajstić information content (AvgIpc) is 2.94. The number of carbonyl (C=O) groups excluding carboxylic acids is 2. The molecule has 2 fully saturated rings. The van der Waals surface area contributed by atoms with Crippen LogP contribution < -0.4 is 16.4 Å². The van der Waals surface area contributed by atoms with Crippen molar-refractivity contribution in [3.8, 4) is 0 Å².